The first-order chi connectivity index (χ1) is 4.93. The number of nitrogens with one attached hydrogen (secondary N) is 1. The van der Waals surface area contributed by atoms with Crippen LogP contribution in [-0.4, -0.2) is 11.5 Å². The van der Waals surface area contributed by atoms with E-state index in [1.807, 2.05) is 18.2 Å². The first-order valence-electron chi connectivity index (χ1n) is 3.48. The van der Waals surface area contributed by atoms with Crippen LogP contribution in [0.15, 0.2) is 24.4 Å². The Balaban J connectivity index is 2.43. The van der Waals surface area contributed by atoms with Crippen molar-refractivity contribution in [2.24, 2.45) is 0 Å². The van der Waals surface area contributed by atoms with Crippen molar-refractivity contribution < 1.29 is 0 Å². The van der Waals surface area contributed by atoms with Gasteiger partial charge in [-0.25, -0.2) is 0 Å². The van der Waals surface area contributed by atoms with Gasteiger partial charge in [0.05, 0.1) is 0 Å². The summed E-state index contributed by atoms with van der Waals surface area (Å²) < 4.78 is 0. The van der Waals surface area contributed by atoms with Crippen LogP contribution in [0.5, 0.6) is 0 Å². The third-order valence-corrected chi connectivity index (χ3v) is 1.34. The van der Waals surface area contributed by atoms with Gasteiger partial charge in [-0.05, 0) is 25.0 Å². The van der Waals surface area contributed by atoms with Crippen LogP contribution in [0.2, 0.25) is 0 Å². The summed E-state index contributed by atoms with van der Waals surface area (Å²) in [6.07, 6.45) is 3.64. The molecule has 10 heavy (non-hydrogen) atoms. The van der Waals surface area contributed by atoms with Gasteiger partial charge in [-0.2, -0.15) is 0 Å². The van der Waals surface area contributed by atoms with Crippen LogP contribution in [0.25, 0.3) is 0 Å². The third-order valence-electron chi connectivity index (χ3n) is 1.34. The topological polar surface area (TPSA) is 36.7 Å². The molecule has 1 N–H and O–H groups in total. The lowest BCUT2D eigenvalue weighted by molar-refractivity contribution is 0.797. The minimum atomic E-state index is 0.497. The fourth-order valence-electron chi connectivity index (χ4n) is 0.816. The summed E-state index contributed by atoms with van der Waals surface area (Å²) in [5.74, 6) is 0. The van der Waals surface area contributed by atoms with Gasteiger partial charge in [-0.15, -0.1) is 0 Å². The molecule has 1 radical (unpaired) electrons. The number of aromatic nitrogens is 1. The van der Waals surface area contributed by atoms with Crippen molar-refractivity contribution in [2.75, 3.05) is 6.54 Å². The van der Waals surface area contributed by atoms with Gasteiger partial charge < -0.3 is 0 Å². The van der Waals surface area contributed by atoms with Crippen LogP contribution in [0, 0.1) is 0 Å². The van der Waals surface area contributed by atoms with Crippen molar-refractivity contribution in [2.45, 2.75) is 12.8 Å². The Bertz CT molecular complexity index is 172. The quantitative estimate of drug-likeness (QED) is 0.615. The van der Waals surface area contributed by atoms with Crippen LogP contribution in [-0.2, 0) is 6.42 Å². The standard InChI is InChI=1S/C8H11N2/c9-6-3-5-8-4-1-2-7-10-8/h1-2,4,7,9H,3,5-6H2. The number of hydrogen-bond donors (Lipinski definition) is 0. The molecular weight excluding hydrogens is 124 g/mol. The maximum Gasteiger partial charge on any atom is 0.0404 e. The minimum absolute atomic E-state index is 0.497. The van der Waals surface area contributed by atoms with E-state index in [-0.39, 0.29) is 0 Å². The zero-order chi connectivity index (χ0) is 7.23. The zero-order valence-electron chi connectivity index (χ0n) is 5.88. The minimum Gasteiger partial charge on any atom is -0.261 e. The highest BCUT2D eigenvalue weighted by atomic mass is 14.7. The number of nitrogens with zero attached hydrogens (tertiary/aromatic N) is 1. The van der Waals surface area contributed by atoms with Gasteiger partial charge in [0.2, 0.25) is 0 Å². The molecule has 0 fully saturated rings. The lowest BCUT2D eigenvalue weighted by Crippen LogP contribution is -1.92. The predicted molar refractivity (Wildman–Crippen MR) is 40.5 cm³/mol. The average molecular weight is 135 g/mol. The summed E-state index contributed by atoms with van der Waals surface area (Å²) in [7, 11) is 0. The summed E-state index contributed by atoms with van der Waals surface area (Å²) in [6.45, 7) is 0.497. The van der Waals surface area contributed by atoms with E-state index >= 15 is 0 Å². The highest BCUT2D eigenvalue weighted by molar-refractivity contribution is 5.03. The lowest BCUT2D eigenvalue weighted by Gasteiger charge is -1.95. The molecule has 0 saturated heterocycles. The maximum atomic E-state index is 6.92. The van der Waals surface area contributed by atoms with E-state index in [2.05, 4.69) is 4.98 Å². The molecule has 0 bridgehead atoms. The van der Waals surface area contributed by atoms with Crippen LogP contribution in [0.1, 0.15) is 12.1 Å². The van der Waals surface area contributed by atoms with E-state index in [1.54, 1.807) is 6.20 Å². The van der Waals surface area contributed by atoms with Crippen molar-refractivity contribution in [1.29, 1.82) is 0 Å². The highest BCUT2D eigenvalue weighted by Gasteiger charge is 1.89. The molecule has 53 valence electrons. The van der Waals surface area contributed by atoms with Crippen molar-refractivity contribution in [3.8, 4) is 0 Å². The number of hydrogen-bond acceptors (Lipinski definition) is 1. The fourth-order valence-corrected chi connectivity index (χ4v) is 0.816. The van der Waals surface area contributed by atoms with Gasteiger partial charge in [0, 0.05) is 18.4 Å². The third kappa shape index (κ3) is 2.15. The second kappa shape index (κ2) is 4.01. The fraction of sp³-hybridized carbons (Fsp3) is 0.375. The Morgan fingerprint density at radius 2 is 2.30 bits per heavy atom. The molecule has 1 heterocycles. The summed E-state index contributed by atoms with van der Waals surface area (Å²) in [5.41, 5.74) is 8.02. The normalized spacial score (nSPS) is 9.70. The molecule has 0 unspecified atom stereocenters. The summed E-state index contributed by atoms with van der Waals surface area (Å²) >= 11 is 0. The smallest absolute Gasteiger partial charge is 0.0404 e. The molecule has 2 nitrogen and oxygen atoms in total. The van der Waals surface area contributed by atoms with Crippen LogP contribution in [0.3, 0.4) is 0 Å². The Hall–Kier alpha value is -0.890. The van der Waals surface area contributed by atoms with Crippen molar-refractivity contribution >= 4 is 0 Å². The lowest BCUT2D eigenvalue weighted by atomic mass is 10.2. The Kier molecular flexibility index (Phi) is 2.90. The van der Waals surface area contributed by atoms with E-state index in [4.69, 9.17) is 5.73 Å². The van der Waals surface area contributed by atoms with E-state index in [1.165, 1.54) is 0 Å². The van der Waals surface area contributed by atoms with Crippen molar-refractivity contribution in [3.63, 3.8) is 0 Å². The van der Waals surface area contributed by atoms with Crippen molar-refractivity contribution in [3.05, 3.63) is 30.1 Å². The summed E-state index contributed by atoms with van der Waals surface area (Å²) in [5, 5.41) is 0. The van der Waals surface area contributed by atoms with Crippen LogP contribution in [0.4, 0.5) is 0 Å². The van der Waals surface area contributed by atoms with Crippen molar-refractivity contribution in [1.82, 2.24) is 10.7 Å². The average Bonchev–Trinajstić information content (AvgIpc) is 2.03. The summed E-state index contributed by atoms with van der Waals surface area (Å²) in [6, 6.07) is 5.88. The Morgan fingerprint density at radius 1 is 1.40 bits per heavy atom. The van der Waals surface area contributed by atoms with E-state index in [0.29, 0.717) is 6.54 Å². The molecule has 0 aliphatic rings. The van der Waals surface area contributed by atoms with Gasteiger partial charge in [0.15, 0.2) is 0 Å². The van der Waals surface area contributed by atoms with Gasteiger partial charge in [0.25, 0.3) is 0 Å². The molecular formula is C8H11N2. The van der Waals surface area contributed by atoms with Crippen LogP contribution < -0.4 is 5.73 Å². The molecule has 0 aromatic carbocycles. The molecule has 1 aromatic rings. The van der Waals surface area contributed by atoms with Gasteiger partial charge in [0.1, 0.15) is 0 Å². The molecule has 0 saturated carbocycles. The van der Waals surface area contributed by atoms with Gasteiger partial charge in [-0.1, -0.05) is 6.07 Å². The van der Waals surface area contributed by atoms with Gasteiger partial charge in [-0.3, -0.25) is 10.7 Å². The van der Waals surface area contributed by atoms with Gasteiger partial charge >= 0.3 is 0 Å². The molecule has 0 aliphatic heterocycles. The number of aryl methyl sites for hydroxylation is 1. The number of rotatable bonds is 3. The largest absolute Gasteiger partial charge is 0.261 e. The van der Waals surface area contributed by atoms with Crippen LogP contribution >= 0.6 is 0 Å². The molecule has 0 atom stereocenters. The molecule has 0 spiro atoms. The first-order valence-corrected chi connectivity index (χ1v) is 3.48. The SMILES string of the molecule is [NH]CCCc1ccccn1. The Morgan fingerprint density at radius 3 is 2.90 bits per heavy atom. The van der Waals surface area contributed by atoms with E-state index < -0.39 is 0 Å². The van der Waals surface area contributed by atoms with E-state index in [9.17, 15) is 0 Å². The summed E-state index contributed by atoms with van der Waals surface area (Å²) in [4.78, 5) is 4.13. The zero-order valence-corrected chi connectivity index (χ0v) is 5.88. The maximum absolute atomic E-state index is 6.92. The molecule has 0 amide bonds. The second-order valence-electron chi connectivity index (χ2n) is 2.17. The Labute approximate surface area is 61.1 Å². The second-order valence-corrected chi connectivity index (χ2v) is 2.17. The highest BCUT2D eigenvalue weighted by Crippen LogP contribution is 1.96. The first kappa shape index (κ1) is 7.22. The molecule has 2 heteroatoms. The number of pyridine rings is 1. The molecule has 1 rings (SSSR count). The monoisotopic (exact) mass is 135 g/mol. The molecule has 1 aromatic heterocycles. The molecule has 0 aliphatic carbocycles. The predicted octanol–water partition coefficient (Wildman–Crippen LogP) is 1.30. The van der Waals surface area contributed by atoms with E-state index in [0.717, 1.165) is 18.5 Å².